The minimum Gasteiger partial charge on any atom is -0.461 e. The first-order valence-electron chi connectivity index (χ1n) is 9.67. The van der Waals surface area contributed by atoms with Crippen molar-refractivity contribution in [2.75, 3.05) is 18.8 Å². The van der Waals surface area contributed by atoms with E-state index in [9.17, 15) is 18.5 Å². The molecule has 0 amide bonds. The van der Waals surface area contributed by atoms with Gasteiger partial charge < -0.3 is 4.74 Å². The second-order valence-corrected chi connectivity index (χ2v) is 9.29. The molecule has 0 aliphatic carbocycles. The van der Waals surface area contributed by atoms with Gasteiger partial charge in [0.2, 0.25) is 10.0 Å². The van der Waals surface area contributed by atoms with Crippen LogP contribution >= 0.6 is 0 Å². The molecule has 0 bridgehead atoms. The third kappa shape index (κ3) is 5.03. The molecule has 7 heteroatoms. The summed E-state index contributed by atoms with van der Waals surface area (Å²) in [5.41, 5.74) is 3.28. The molecule has 1 heterocycles. The summed E-state index contributed by atoms with van der Waals surface area (Å²) in [6.45, 7) is 2.53. The first-order valence-corrected chi connectivity index (χ1v) is 11.3. The van der Waals surface area contributed by atoms with E-state index in [0.717, 1.165) is 16.7 Å². The van der Waals surface area contributed by atoms with Gasteiger partial charge >= 0.3 is 5.97 Å². The number of nitriles is 1. The summed E-state index contributed by atoms with van der Waals surface area (Å²) in [6.07, 6.45) is 0.976. The van der Waals surface area contributed by atoms with Crippen molar-refractivity contribution in [1.29, 1.82) is 5.26 Å². The molecule has 0 aromatic heterocycles. The van der Waals surface area contributed by atoms with E-state index in [1.165, 1.54) is 4.31 Å². The molecular formula is C22H24N2O4S. The second kappa shape index (κ2) is 9.21. The maximum absolute atomic E-state index is 12.3. The molecule has 1 aliphatic rings. The molecule has 0 radical (unpaired) electrons. The van der Waals surface area contributed by atoms with E-state index in [-0.39, 0.29) is 24.2 Å². The van der Waals surface area contributed by atoms with Crippen LogP contribution in [0.4, 0.5) is 0 Å². The topological polar surface area (TPSA) is 87.5 Å². The number of nitrogens with zero attached hydrogens (tertiary/aromatic N) is 2. The van der Waals surface area contributed by atoms with Gasteiger partial charge in [-0.2, -0.15) is 5.26 Å². The Bertz CT molecular complexity index is 1000. The standard InChI is InChI=1S/C22H24N2O4S/c1-2-29(26,27)24-13-11-19(12-14-24)22(25)28-16-17-7-9-18(10-8-17)21-6-4-3-5-20(21)15-23/h3-10,19H,2,11-14,16H2,1H3. The Morgan fingerprint density at radius 3 is 2.41 bits per heavy atom. The smallest absolute Gasteiger partial charge is 0.309 e. The van der Waals surface area contributed by atoms with Crippen LogP contribution in [0.2, 0.25) is 0 Å². The number of ether oxygens (including phenoxy) is 1. The highest BCUT2D eigenvalue weighted by atomic mass is 32.2. The molecule has 1 fully saturated rings. The van der Waals surface area contributed by atoms with Crippen LogP contribution in [0, 0.1) is 17.2 Å². The zero-order valence-electron chi connectivity index (χ0n) is 16.4. The Morgan fingerprint density at radius 1 is 1.14 bits per heavy atom. The van der Waals surface area contributed by atoms with E-state index < -0.39 is 10.0 Å². The quantitative estimate of drug-likeness (QED) is 0.679. The van der Waals surface area contributed by atoms with Crippen molar-refractivity contribution in [3.05, 3.63) is 59.7 Å². The Balaban J connectivity index is 1.54. The minimum atomic E-state index is -3.20. The predicted octanol–water partition coefficient (Wildman–Crippen LogP) is 3.33. The Labute approximate surface area is 171 Å². The average Bonchev–Trinajstić information content (AvgIpc) is 2.78. The van der Waals surface area contributed by atoms with Crippen molar-refractivity contribution in [2.24, 2.45) is 5.92 Å². The van der Waals surface area contributed by atoms with Crippen LogP contribution in [0.3, 0.4) is 0 Å². The summed E-state index contributed by atoms with van der Waals surface area (Å²) < 4.78 is 30.7. The van der Waals surface area contributed by atoms with E-state index >= 15 is 0 Å². The highest BCUT2D eigenvalue weighted by molar-refractivity contribution is 7.89. The largest absolute Gasteiger partial charge is 0.461 e. The third-order valence-corrected chi connectivity index (χ3v) is 7.12. The summed E-state index contributed by atoms with van der Waals surface area (Å²) in [5, 5.41) is 9.23. The molecule has 6 nitrogen and oxygen atoms in total. The predicted molar refractivity (Wildman–Crippen MR) is 110 cm³/mol. The van der Waals surface area contributed by atoms with Gasteiger partial charge in [0.25, 0.3) is 0 Å². The van der Waals surface area contributed by atoms with E-state index in [2.05, 4.69) is 6.07 Å². The van der Waals surface area contributed by atoms with E-state index in [4.69, 9.17) is 4.74 Å². The number of hydrogen-bond donors (Lipinski definition) is 0. The first-order chi connectivity index (χ1) is 13.9. The van der Waals surface area contributed by atoms with Crippen molar-refractivity contribution in [1.82, 2.24) is 4.31 Å². The molecular weight excluding hydrogens is 388 g/mol. The molecule has 1 aliphatic heterocycles. The van der Waals surface area contributed by atoms with Crippen molar-refractivity contribution in [3.63, 3.8) is 0 Å². The van der Waals surface area contributed by atoms with Crippen LogP contribution < -0.4 is 0 Å². The molecule has 2 aromatic rings. The molecule has 29 heavy (non-hydrogen) atoms. The van der Waals surface area contributed by atoms with Crippen LogP contribution in [0.5, 0.6) is 0 Å². The fraction of sp³-hybridized carbons (Fsp3) is 0.364. The number of piperidine rings is 1. The maximum atomic E-state index is 12.3. The number of carbonyl (C=O) groups excluding carboxylic acids is 1. The third-order valence-electron chi connectivity index (χ3n) is 5.24. The lowest BCUT2D eigenvalue weighted by molar-refractivity contribution is -0.151. The molecule has 0 saturated carbocycles. The van der Waals surface area contributed by atoms with Gasteiger partial charge in [0.05, 0.1) is 23.3 Å². The number of rotatable bonds is 6. The number of benzene rings is 2. The van der Waals surface area contributed by atoms with Gasteiger partial charge in [0.15, 0.2) is 0 Å². The minimum absolute atomic E-state index is 0.0803. The maximum Gasteiger partial charge on any atom is 0.309 e. The van der Waals surface area contributed by atoms with Gasteiger partial charge in [0.1, 0.15) is 6.61 Å². The van der Waals surface area contributed by atoms with Crippen molar-refractivity contribution < 1.29 is 17.9 Å². The fourth-order valence-electron chi connectivity index (χ4n) is 3.44. The lowest BCUT2D eigenvalue weighted by Crippen LogP contribution is -2.41. The van der Waals surface area contributed by atoms with Gasteiger partial charge in [-0.05, 0) is 42.5 Å². The first kappa shape index (κ1) is 21.0. The zero-order valence-corrected chi connectivity index (χ0v) is 17.2. The molecule has 0 unspecified atom stereocenters. The van der Waals surface area contributed by atoms with E-state index in [1.54, 1.807) is 13.0 Å². The number of esters is 1. The molecule has 1 saturated heterocycles. The van der Waals surface area contributed by atoms with Gasteiger partial charge in [0, 0.05) is 13.1 Å². The monoisotopic (exact) mass is 412 g/mol. The SMILES string of the molecule is CCS(=O)(=O)N1CCC(C(=O)OCc2ccc(-c3ccccc3C#N)cc2)CC1. The molecule has 3 rings (SSSR count). The van der Waals surface area contributed by atoms with Crippen LogP contribution in [0.15, 0.2) is 48.5 Å². The lowest BCUT2D eigenvalue weighted by Gasteiger charge is -2.29. The fourth-order valence-corrected chi connectivity index (χ4v) is 4.57. The normalized spacial score (nSPS) is 15.6. The van der Waals surface area contributed by atoms with Crippen LogP contribution in [0.1, 0.15) is 30.9 Å². The van der Waals surface area contributed by atoms with Gasteiger partial charge in [-0.3, -0.25) is 4.79 Å². The second-order valence-electron chi connectivity index (χ2n) is 7.04. The van der Waals surface area contributed by atoms with E-state index in [0.29, 0.717) is 31.5 Å². The Hall–Kier alpha value is -2.69. The van der Waals surface area contributed by atoms with Crippen LogP contribution in [-0.4, -0.2) is 37.5 Å². The number of sulfonamides is 1. The van der Waals surface area contributed by atoms with Crippen LogP contribution in [-0.2, 0) is 26.2 Å². The molecule has 0 N–H and O–H groups in total. The van der Waals surface area contributed by atoms with Crippen molar-refractivity contribution in [2.45, 2.75) is 26.4 Å². The molecule has 2 aromatic carbocycles. The zero-order chi connectivity index (χ0) is 20.9. The van der Waals surface area contributed by atoms with Gasteiger partial charge in [-0.25, -0.2) is 12.7 Å². The summed E-state index contributed by atoms with van der Waals surface area (Å²) in [4.78, 5) is 12.3. The van der Waals surface area contributed by atoms with Gasteiger partial charge in [-0.1, -0.05) is 42.5 Å². The van der Waals surface area contributed by atoms with Crippen molar-refractivity contribution in [3.8, 4) is 17.2 Å². The summed E-state index contributed by atoms with van der Waals surface area (Å²) in [7, 11) is -3.20. The Morgan fingerprint density at radius 2 is 1.79 bits per heavy atom. The summed E-state index contributed by atoms with van der Waals surface area (Å²) >= 11 is 0. The average molecular weight is 413 g/mol. The summed E-state index contributed by atoms with van der Waals surface area (Å²) in [6, 6.07) is 17.2. The highest BCUT2D eigenvalue weighted by Gasteiger charge is 2.30. The van der Waals surface area contributed by atoms with E-state index in [1.807, 2.05) is 42.5 Å². The molecule has 0 spiro atoms. The molecule has 152 valence electrons. The van der Waals surface area contributed by atoms with Crippen molar-refractivity contribution >= 4 is 16.0 Å². The highest BCUT2D eigenvalue weighted by Crippen LogP contribution is 2.24. The Kier molecular flexibility index (Phi) is 6.68. The number of hydrogen-bond acceptors (Lipinski definition) is 5. The lowest BCUT2D eigenvalue weighted by atomic mass is 9.98. The van der Waals surface area contributed by atoms with Gasteiger partial charge in [-0.15, -0.1) is 0 Å². The number of carbonyl (C=O) groups is 1. The summed E-state index contributed by atoms with van der Waals surface area (Å²) in [5.74, 6) is -0.464. The van der Waals surface area contributed by atoms with Crippen LogP contribution in [0.25, 0.3) is 11.1 Å². The molecule has 0 atom stereocenters.